The van der Waals surface area contributed by atoms with E-state index in [1.807, 2.05) is 18.2 Å². The Balaban J connectivity index is 0.00000280. The summed E-state index contributed by atoms with van der Waals surface area (Å²) in [5, 5.41) is 1.24. The molecule has 0 bridgehead atoms. The largest absolute Gasteiger partial charge is 0.317 e. The number of fused-ring (bicyclic) bond motifs is 1. The average molecular weight is 372 g/mol. The number of allylic oxidation sites excluding steroid dienone is 8. The molecule has 1 heteroatoms. The topological polar surface area (TPSA) is 4.93 Å². The molecule has 2 aromatic rings. The molecule has 1 aliphatic carbocycles. The van der Waals surface area contributed by atoms with E-state index in [1.54, 1.807) is 0 Å². The molecule has 0 saturated heterocycles. The van der Waals surface area contributed by atoms with Gasteiger partial charge in [0.25, 0.3) is 0 Å². The van der Waals surface area contributed by atoms with Crippen molar-refractivity contribution in [2.24, 2.45) is 5.41 Å². The fourth-order valence-electron chi connectivity index (χ4n) is 4.37. The molecule has 28 heavy (non-hydrogen) atoms. The van der Waals surface area contributed by atoms with E-state index in [1.165, 1.54) is 50.1 Å². The maximum atomic E-state index is 4.07. The van der Waals surface area contributed by atoms with E-state index in [9.17, 15) is 0 Å². The van der Waals surface area contributed by atoms with Gasteiger partial charge in [0.15, 0.2) is 0 Å². The molecule has 146 valence electrons. The Bertz CT molecular complexity index is 1060. The molecule has 3 rings (SSSR count). The number of rotatable bonds is 5. The molecule has 0 spiro atoms. The smallest absolute Gasteiger partial charge is 0.0534 e. The summed E-state index contributed by atoms with van der Waals surface area (Å²) >= 11 is 0. The number of aromatic nitrogens is 1. The van der Waals surface area contributed by atoms with Crippen molar-refractivity contribution >= 4 is 22.7 Å². The lowest BCUT2D eigenvalue weighted by Gasteiger charge is -2.23. The lowest BCUT2D eigenvalue weighted by atomic mass is 9.81. The van der Waals surface area contributed by atoms with E-state index >= 15 is 0 Å². The van der Waals surface area contributed by atoms with E-state index in [-0.39, 0.29) is 12.8 Å². The van der Waals surface area contributed by atoms with Gasteiger partial charge < -0.3 is 4.57 Å². The SMILES string of the molecule is C.C=CC1=C(C=C)C(C)(C)C(C)=C1/C=C(\C)n1c(C)c(C=C)c2ccccc21. The predicted octanol–water partition coefficient (Wildman–Crippen LogP) is 8.11. The highest BCUT2D eigenvalue weighted by atomic mass is 15.0. The number of para-hydroxylation sites is 1. The lowest BCUT2D eigenvalue weighted by Crippen LogP contribution is -2.12. The Morgan fingerprint density at radius 1 is 0.964 bits per heavy atom. The van der Waals surface area contributed by atoms with Crippen molar-refractivity contribution in [2.45, 2.75) is 42.0 Å². The third-order valence-corrected chi connectivity index (χ3v) is 6.07. The number of hydrogen-bond donors (Lipinski definition) is 0. The molecular weight excluding hydrogens is 338 g/mol. The first-order valence-corrected chi connectivity index (χ1v) is 9.42. The van der Waals surface area contributed by atoms with Gasteiger partial charge in [0, 0.05) is 27.8 Å². The van der Waals surface area contributed by atoms with Gasteiger partial charge in [0.2, 0.25) is 0 Å². The van der Waals surface area contributed by atoms with Crippen molar-refractivity contribution in [3.8, 4) is 0 Å². The maximum absolute atomic E-state index is 4.07. The molecule has 0 fully saturated rings. The monoisotopic (exact) mass is 371 g/mol. The Morgan fingerprint density at radius 3 is 2.18 bits per heavy atom. The zero-order valence-electron chi connectivity index (χ0n) is 17.2. The van der Waals surface area contributed by atoms with Crippen LogP contribution in [0.2, 0.25) is 0 Å². The third-order valence-electron chi connectivity index (χ3n) is 6.07. The van der Waals surface area contributed by atoms with Crippen molar-refractivity contribution < 1.29 is 0 Å². The highest BCUT2D eigenvalue weighted by molar-refractivity contribution is 5.93. The van der Waals surface area contributed by atoms with E-state index < -0.39 is 0 Å². The minimum absolute atomic E-state index is 0. The summed E-state index contributed by atoms with van der Waals surface area (Å²) in [5.74, 6) is 0. The van der Waals surface area contributed by atoms with Crippen LogP contribution in [0.5, 0.6) is 0 Å². The number of hydrogen-bond acceptors (Lipinski definition) is 0. The van der Waals surface area contributed by atoms with Gasteiger partial charge in [-0.05, 0) is 49.6 Å². The third kappa shape index (κ3) is 2.96. The Labute approximate surface area is 170 Å². The predicted molar refractivity (Wildman–Crippen MR) is 127 cm³/mol. The molecule has 1 aromatic heterocycles. The molecule has 0 N–H and O–H groups in total. The van der Waals surface area contributed by atoms with Gasteiger partial charge in [0.05, 0.1) is 5.52 Å². The van der Waals surface area contributed by atoms with Crippen LogP contribution in [0.4, 0.5) is 0 Å². The zero-order chi connectivity index (χ0) is 19.9. The van der Waals surface area contributed by atoms with Crippen LogP contribution < -0.4 is 0 Å². The minimum Gasteiger partial charge on any atom is -0.317 e. The minimum atomic E-state index is -0.0303. The van der Waals surface area contributed by atoms with Crippen molar-refractivity contribution in [2.75, 3.05) is 0 Å². The van der Waals surface area contributed by atoms with Crippen LogP contribution in [0.3, 0.4) is 0 Å². The van der Waals surface area contributed by atoms with Gasteiger partial charge >= 0.3 is 0 Å². The van der Waals surface area contributed by atoms with Crippen LogP contribution in [-0.2, 0) is 0 Å². The Morgan fingerprint density at radius 2 is 1.61 bits per heavy atom. The van der Waals surface area contributed by atoms with Gasteiger partial charge in [-0.3, -0.25) is 0 Å². The number of benzene rings is 1. The standard InChI is InChI=1S/C26H29N.CH4/c1-9-20-19(6)27(25-15-13-12-14-22(20)25)17(4)16-23-18(5)26(7,8)24(11-3)21(23)10-2;/h9-16H,1-3H2,4-8H3;1H4/b17-16+;. The quantitative estimate of drug-likeness (QED) is 0.500. The van der Waals surface area contributed by atoms with E-state index in [0.717, 1.165) is 0 Å². The second kappa shape index (κ2) is 7.67. The van der Waals surface area contributed by atoms with Crippen molar-refractivity contribution in [1.29, 1.82) is 0 Å². The van der Waals surface area contributed by atoms with Crippen LogP contribution in [-0.4, -0.2) is 4.57 Å². The van der Waals surface area contributed by atoms with Crippen molar-refractivity contribution in [1.82, 2.24) is 4.57 Å². The molecule has 0 amide bonds. The highest BCUT2D eigenvalue weighted by Crippen LogP contribution is 2.48. The Kier molecular flexibility index (Phi) is 5.89. The summed E-state index contributed by atoms with van der Waals surface area (Å²) in [6.07, 6.45) is 8.18. The van der Waals surface area contributed by atoms with Crippen LogP contribution >= 0.6 is 0 Å². The Hall–Kier alpha value is -2.80. The summed E-state index contributed by atoms with van der Waals surface area (Å²) in [6, 6.07) is 8.51. The van der Waals surface area contributed by atoms with Crippen LogP contribution in [0, 0.1) is 12.3 Å². The van der Waals surface area contributed by atoms with Crippen LogP contribution in [0.15, 0.2) is 84.5 Å². The lowest BCUT2D eigenvalue weighted by molar-refractivity contribution is 0.562. The van der Waals surface area contributed by atoms with Gasteiger partial charge in [-0.1, -0.05) is 83.0 Å². The van der Waals surface area contributed by atoms with Crippen LogP contribution in [0.25, 0.3) is 22.7 Å². The van der Waals surface area contributed by atoms with Gasteiger partial charge in [-0.15, -0.1) is 0 Å². The second-order valence-electron chi connectivity index (χ2n) is 7.74. The molecule has 1 heterocycles. The molecule has 0 radical (unpaired) electrons. The molecule has 0 aliphatic heterocycles. The first-order valence-electron chi connectivity index (χ1n) is 9.42. The molecular formula is C27H33N. The molecule has 1 nitrogen and oxygen atoms in total. The van der Waals surface area contributed by atoms with E-state index in [4.69, 9.17) is 0 Å². The molecule has 0 unspecified atom stereocenters. The second-order valence-corrected chi connectivity index (χ2v) is 7.74. The maximum Gasteiger partial charge on any atom is 0.0534 e. The number of nitrogens with zero attached hydrogens (tertiary/aromatic N) is 1. The van der Waals surface area contributed by atoms with E-state index in [2.05, 4.69) is 89.3 Å². The summed E-state index contributed by atoms with van der Waals surface area (Å²) in [7, 11) is 0. The first kappa shape index (κ1) is 21.5. The van der Waals surface area contributed by atoms with Crippen molar-refractivity contribution in [3.05, 3.63) is 95.8 Å². The zero-order valence-corrected chi connectivity index (χ0v) is 17.2. The van der Waals surface area contributed by atoms with Gasteiger partial charge in [-0.2, -0.15) is 0 Å². The summed E-state index contributed by atoms with van der Waals surface area (Å²) < 4.78 is 2.33. The molecule has 0 atom stereocenters. The highest BCUT2D eigenvalue weighted by Gasteiger charge is 2.34. The van der Waals surface area contributed by atoms with Gasteiger partial charge in [-0.25, -0.2) is 0 Å². The average Bonchev–Trinajstić information content (AvgIpc) is 3.03. The van der Waals surface area contributed by atoms with Crippen molar-refractivity contribution in [3.63, 3.8) is 0 Å². The molecule has 0 saturated carbocycles. The van der Waals surface area contributed by atoms with Gasteiger partial charge in [0.1, 0.15) is 0 Å². The fraction of sp³-hybridized carbons (Fsp3) is 0.259. The summed E-state index contributed by atoms with van der Waals surface area (Å²) in [5.41, 5.74) is 9.81. The van der Waals surface area contributed by atoms with Crippen LogP contribution in [0.1, 0.15) is 46.4 Å². The summed E-state index contributed by atoms with van der Waals surface area (Å²) in [6.45, 7) is 23.2. The fourth-order valence-corrected chi connectivity index (χ4v) is 4.37. The molecule has 1 aromatic carbocycles. The normalized spacial score (nSPS) is 16.4. The molecule has 1 aliphatic rings. The van der Waals surface area contributed by atoms with E-state index in [0.29, 0.717) is 0 Å². The summed E-state index contributed by atoms with van der Waals surface area (Å²) in [4.78, 5) is 0. The first-order chi connectivity index (χ1) is 12.8.